The van der Waals surface area contributed by atoms with E-state index in [1.54, 1.807) is 6.20 Å². The number of aromatic nitrogens is 2. The number of piperidine rings is 1. The normalized spacial score (nSPS) is 22.8. The fraction of sp³-hybridized carbons (Fsp3) is 0.600. The second-order valence-corrected chi connectivity index (χ2v) is 7.70. The molecule has 0 aromatic carbocycles. The van der Waals surface area contributed by atoms with Crippen LogP contribution in [0.25, 0.3) is 11.0 Å². The van der Waals surface area contributed by atoms with Gasteiger partial charge in [0.2, 0.25) is 5.91 Å². The number of nitrogens with zero attached hydrogens (tertiary/aromatic N) is 4. The predicted molar refractivity (Wildman–Crippen MR) is 103 cm³/mol. The van der Waals surface area contributed by atoms with Crippen molar-refractivity contribution in [1.82, 2.24) is 24.7 Å². The van der Waals surface area contributed by atoms with Crippen LogP contribution in [0.2, 0.25) is 0 Å². The smallest absolute Gasteiger partial charge is 0.227 e. The molecule has 6 heteroatoms. The van der Waals surface area contributed by atoms with Crippen LogP contribution in [0.1, 0.15) is 24.8 Å². The van der Waals surface area contributed by atoms with E-state index in [4.69, 9.17) is 0 Å². The number of rotatable bonds is 4. The van der Waals surface area contributed by atoms with E-state index in [0.29, 0.717) is 12.5 Å². The van der Waals surface area contributed by atoms with Gasteiger partial charge in [-0.1, -0.05) is 6.42 Å². The first kappa shape index (κ1) is 17.5. The van der Waals surface area contributed by atoms with Gasteiger partial charge in [0.25, 0.3) is 0 Å². The number of carbonyl (C=O) groups is 1. The van der Waals surface area contributed by atoms with Crippen LogP contribution in [0, 0.1) is 0 Å². The Labute approximate surface area is 155 Å². The minimum Gasteiger partial charge on any atom is -0.346 e. The van der Waals surface area contributed by atoms with Crippen LogP contribution in [0.3, 0.4) is 0 Å². The number of fused-ring (bicyclic) bond motifs is 1. The quantitative estimate of drug-likeness (QED) is 0.908. The Morgan fingerprint density at radius 1 is 1.23 bits per heavy atom. The lowest BCUT2D eigenvalue weighted by Gasteiger charge is -2.40. The number of hydrogen-bond donors (Lipinski definition) is 1. The zero-order chi connectivity index (χ0) is 17.9. The van der Waals surface area contributed by atoms with Gasteiger partial charge in [-0.05, 0) is 44.1 Å². The summed E-state index contributed by atoms with van der Waals surface area (Å²) < 4.78 is 0. The van der Waals surface area contributed by atoms with Gasteiger partial charge in [0.15, 0.2) is 0 Å². The molecule has 2 aliphatic rings. The Morgan fingerprint density at radius 3 is 2.88 bits per heavy atom. The lowest BCUT2D eigenvalue weighted by Crippen LogP contribution is -2.53. The molecule has 0 radical (unpaired) electrons. The number of aromatic amines is 1. The molecule has 2 aliphatic heterocycles. The van der Waals surface area contributed by atoms with E-state index in [0.717, 1.165) is 49.3 Å². The van der Waals surface area contributed by atoms with Gasteiger partial charge in [0.05, 0.1) is 6.42 Å². The van der Waals surface area contributed by atoms with Crippen LogP contribution in [0.5, 0.6) is 0 Å². The highest BCUT2D eigenvalue weighted by molar-refractivity contribution is 5.87. The summed E-state index contributed by atoms with van der Waals surface area (Å²) in [5.41, 5.74) is 1.90. The molecule has 4 heterocycles. The van der Waals surface area contributed by atoms with E-state index < -0.39 is 0 Å². The number of carbonyl (C=O) groups excluding carboxylic acids is 1. The van der Waals surface area contributed by atoms with Crippen molar-refractivity contribution >= 4 is 16.9 Å². The summed E-state index contributed by atoms with van der Waals surface area (Å²) in [5, 5.41) is 1.06. The third kappa shape index (κ3) is 3.76. The molecule has 0 saturated carbocycles. The number of nitrogens with one attached hydrogen (secondary N) is 1. The molecule has 2 saturated heterocycles. The second kappa shape index (κ2) is 7.76. The van der Waals surface area contributed by atoms with E-state index in [1.807, 2.05) is 23.2 Å². The summed E-state index contributed by atoms with van der Waals surface area (Å²) in [6, 6.07) is 4.63. The molecule has 1 amide bonds. The lowest BCUT2D eigenvalue weighted by molar-refractivity contribution is -0.132. The van der Waals surface area contributed by atoms with E-state index in [2.05, 4.69) is 26.8 Å². The number of H-pyrrole nitrogens is 1. The summed E-state index contributed by atoms with van der Waals surface area (Å²) in [5.74, 6) is 0.226. The topological polar surface area (TPSA) is 55.5 Å². The first-order chi connectivity index (χ1) is 12.7. The summed E-state index contributed by atoms with van der Waals surface area (Å²) in [6.45, 7) is 6.04. The van der Waals surface area contributed by atoms with E-state index >= 15 is 0 Å². The number of amides is 1. The number of pyridine rings is 1. The van der Waals surface area contributed by atoms with Gasteiger partial charge in [-0.25, -0.2) is 4.98 Å². The van der Waals surface area contributed by atoms with Crippen LogP contribution in [-0.4, -0.2) is 82.9 Å². The lowest BCUT2D eigenvalue weighted by atomic mass is 10.0. The molecule has 26 heavy (non-hydrogen) atoms. The number of piperazine rings is 1. The monoisotopic (exact) mass is 355 g/mol. The molecule has 140 valence electrons. The van der Waals surface area contributed by atoms with Crippen molar-refractivity contribution in [3.8, 4) is 0 Å². The van der Waals surface area contributed by atoms with E-state index in [9.17, 15) is 4.79 Å². The van der Waals surface area contributed by atoms with Gasteiger partial charge in [-0.15, -0.1) is 0 Å². The summed E-state index contributed by atoms with van der Waals surface area (Å²) >= 11 is 0. The van der Waals surface area contributed by atoms with Gasteiger partial charge < -0.3 is 14.8 Å². The average molecular weight is 355 g/mol. The Kier molecular flexibility index (Phi) is 5.22. The molecule has 1 N–H and O–H groups in total. The SMILES string of the molecule is CN1CCCCC1CN1CCN(C(=O)Cc2c[nH]c3ncccc23)CC1. The number of likely N-dealkylation sites (N-methyl/N-ethyl adjacent to an activating group) is 1. The van der Waals surface area contributed by atoms with E-state index in [-0.39, 0.29) is 5.91 Å². The highest BCUT2D eigenvalue weighted by Gasteiger charge is 2.26. The zero-order valence-corrected chi connectivity index (χ0v) is 15.7. The van der Waals surface area contributed by atoms with Crippen LogP contribution < -0.4 is 0 Å². The maximum Gasteiger partial charge on any atom is 0.227 e. The molecule has 1 unspecified atom stereocenters. The van der Waals surface area contributed by atoms with Crippen molar-refractivity contribution in [2.45, 2.75) is 31.7 Å². The van der Waals surface area contributed by atoms with Crippen molar-refractivity contribution in [3.63, 3.8) is 0 Å². The number of likely N-dealkylation sites (tertiary alicyclic amines) is 1. The standard InChI is InChI=1S/C20H29N5O/c1-23-8-3-2-5-17(23)15-24-9-11-25(12-10-24)19(26)13-16-14-22-20-18(16)6-4-7-21-20/h4,6-7,14,17H,2-3,5,8-13,15H2,1H3,(H,21,22). The molecule has 1 atom stereocenters. The maximum atomic E-state index is 12.7. The van der Waals surface area contributed by atoms with Gasteiger partial charge in [0.1, 0.15) is 5.65 Å². The predicted octanol–water partition coefficient (Wildman–Crippen LogP) is 1.73. The van der Waals surface area contributed by atoms with Crippen LogP contribution in [-0.2, 0) is 11.2 Å². The molecular weight excluding hydrogens is 326 g/mol. The Bertz CT molecular complexity index is 749. The zero-order valence-electron chi connectivity index (χ0n) is 15.7. The highest BCUT2D eigenvalue weighted by Crippen LogP contribution is 2.19. The third-order valence-corrected chi connectivity index (χ3v) is 5.99. The van der Waals surface area contributed by atoms with Gasteiger partial charge >= 0.3 is 0 Å². The van der Waals surface area contributed by atoms with Crippen molar-refractivity contribution < 1.29 is 4.79 Å². The second-order valence-electron chi connectivity index (χ2n) is 7.70. The van der Waals surface area contributed by atoms with Gasteiger partial charge in [-0.3, -0.25) is 9.69 Å². The van der Waals surface area contributed by atoms with Gasteiger partial charge in [-0.2, -0.15) is 0 Å². The fourth-order valence-electron chi connectivity index (χ4n) is 4.29. The molecule has 2 fully saturated rings. The molecule has 4 rings (SSSR count). The van der Waals surface area contributed by atoms with Crippen molar-refractivity contribution in [2.75, 3.05) is 46.3 Å². The molecule has 6 nitrogen and oxygen atoms in total. The Morgan fingerprint density at radius 2 is 2.08 bits per heavy atom. The average Bonchev–Trinajstić information content (AvgIpc) is 3.07. The van der Waals surface area contributed by atoms with Crippen LogP contribution in [0.15, 0.2) is 24.5 Å². The minimum absolute atomic E-state index is 0.226. The molecule has 2 aromatic rings. The first-order valence-electron chi connectivity index (χ1n) is 9.82. The highest BCUT2D eigenvalue weighted by atomic mass is 16.2. The Hall–Kier alpha value is -1.92. The fourth-order valence-corrected chi connectivity index (χ4v) is 4.29. The molecule has 0 spiro atoms. The summed E-state index contributed by atoms with van der Waals surface area (Å²) in [4.78, 5) is 27.2. The largest absolute Gasteiger partial charge is 0.346 e. The Balaban J connectivity index is 1.29. The van der Waals surface area contributed by atoms with Crippen molar-refractivity contribution in [2.24, 2.45) is 0 Å². The van der Waals surface area contributed by atoms with E-state index in [1.165, 1.54) is 25.8 Å². The third-order valence-electron chi connectivity index (χ3n) is 5.99. The molecule has 0 bridgehead atoms. The minimum atomic E-state index is 0.226. The maximum absolute atomic E-state index is 12.7. The van der Waals surface area contributed by atoms with Crippen LogP contribution in [0.4, 0.5) is 0 Å². The van der Waals surface area contributed by atoms with Crippen molar-refractivity contribution in [1.29, 1.82) is 0 Å². The molecule has 0 aliphatic carbocycles. The van der Waals surface area contributed by atoms with Crippen molar-refractivity contribution in [3.05, 3.63) is 30.1 Å². The van der Waals surface area contributed by atoms with Gasteiger partial charge in [0, 0.05) is 56.5 Å². The molecule has 2 aromatic heterocycles. The summed E-state index contributed by atoms with van der Waals surface area (Å²) in [6.07, 6.45) is 8.14. The molecular formula is C20H29N5O. The van der Waals surface area contributed by atoms with Crippen LogP contribution >= 0.6 is 0 Å². The summed E-state index contributed by atoms with van der Waals surface area (Å²) in [7, 11) is 2.25. The number of hydrogen-bond acceptors (Lipinski definition) is 4. The first-order valence-corrected chi connectivity index (χ1v) is 9.82.